The largest absolute Gasteiger partial charge is 0.460 e. The third-order valence-corrected chi connectivity index (χ3v) is 3.41. The maximum atomic E-state index is 12.0. The minimum absolute atomic E-state index is 0.134. The lowest BCUT2D eigenvalue weighted by Crippen LogP contribution is -2.15. The summed E-state index contributed by atoms with van der Waals surface area (Å²) >= 11 is 9.41. The van der Waals surface area contributed by atoms with Crippen molar-refractivity contribution in [2.45, 2.75) is 13.8 Å². The van der Waals surface area contributed by atoms with Crippen LogP contribution in [-0.4, -0.2) is 25.3 Å². The molecule has 1 aromatic carbocycles. The molecule has 0 fully saturated rings. The van der Waals surface area contributed by atoms with Crippen molar-refractivity contribution >= 4 is 56.3 Å². The van der Waals surface area contributed by atoms with Gasteiger partial charge < -0.3 is 13.9 Å². The average molecular weight is 391 g/mol. The second-order valence-corrected chi connectivity index (χ2v) is 5.46. The Balaban J connectivity index is 2.58. The summed E-state index contributed by atoms with van der Waals surface area (Å²) in [5, 5.41) is 3.26. The molecule has 0 radical (unpaired) electrons. The van der Waals surface area contributed by atoms with Crippen molar-refractivity contribution < 1.29 is 23.5 Å². The number of rotatable bonds is 4. The molecule has 0 bridgehead atoms. The first kappa shape index (κ1) is 16.6. The molecule has 2 rings (SSSR count). The first-order chi connectivity index (χ1) is 10.5. The Kier molecular flexibility index (Phi) is 5.31. The minimum atomic E-state index is -0.702. The number of hydrogen-bond acceptors (Lipinski definition) is 5. The van der Waals surface area contributed by atoms with Gasteiger partial charge in [0.2, 0.25) is 5.76 Å². The molecule has 1 aromatic heterocycles. The number of furan rings is 1. The van der Waals surface area contributed by atoms with Gasteiger partial charge in [-0.3, -0.25) is 5.32 Å². The fraction of sp³-hybridized carbons (Fsp3) is 0.286. The molecular formula is C14H13BrClNO5. The van der Waals surface area contributed by atoms with Crippen LogP contribution in [0.2, 0.25) is 5.02 Å². The SMILES string of the molecule is CCOC(=O)Nc1c(C(=O)OCC)oc2c(Cl)cc(Br)cc12. The molecule has 1 N–H and O–H groups in total. The van der Waals surface area contributed by atoms with E-state index in [9.17, 15) is 9.59 Å². The molecule has 8 heteroatoms. The predicted octanol–water partition coefficient (Wildman–Crippen LogP) is 4.59. The van der Waals surface area contributed by atoms with Gasteiger partial charge in [-0.1, -0.05) is 27.5 Å². The normalized spacial score (nSPS) is 10.5. The molecule has 0 saturated heterocycles. The van der Waals surface area contributed by atoms with Gasteiger partial charge in [-0.25, -0.2) is 9.59 Å². The van der Waals surface area contributed by atoms with Crippen molar-refractivity contribution in [2.24, 2.45) is 0 Å². The van der Waals surface area contributed by atoms with Crippen LogP contribution in [0.1, 0.15) is 24.4 Å². The lowest BCUT2D eigenvalue weighted by molar-refractivity contribution is 0.0494. The predicted molar refractivity (Wildman–Crippen MR) is 85.5 cm³/mol. The van der Waals surface area contributed by atoms with Gasteiger partial charge in [-0.05, 0) is 26.0 Å². The minimum Gasteiger partial charge on any atom is -0.460 e. The van der Waals surface area contributed by atoms with Gasteiger partial charge in [0.25, 0.3) is 0 Å². The summed E-state index contributed by atoms with van der Waals surface area (Å²) in [4.78, 5) is 23.7. The second-order valence-electron chi connectivity index (χ2n) is 4.14. The van der Waals surface area contributed by atoms with Gasteiger partial charge in [0.05, 0.1) is 18.2 Å². The number of carbonyl (C=O) groups is 2. The van der Waals surface area contributed by atoms with E-state index in [1.165, 1.54) is 0 Å². The van der Waals surface area contributed by atoms with Crippen LogP contribution in [0.4, 0.5) is 10.5 Å². The average Bonchev–Trinajstić information content (AvgIpc) is 2.78. The summed E-state index contributed by atoms with van der Waals surface area (Å²) in [6, 6.07) is 3.30. The van der Waals surface area contributed by atoms with Crippen molar-refractivity contribution in [3.05, 3.63) is 27.4 Å². The van der Waals surface area contributed by atoms with Crippen LogP contribution in [0.15, 0.2) is 21.0 Å². The molecule has 1 heterocycles. The fourth-order valence-electron chi connectivity index (χ4n) is 1.86. The van der Waals surface area contributed by atoms with E-state index in [2.05, 4.69) is 21.2 Å². The van der Waals surface area contributed by atoms with Gasteiger partial charge in [0.1, 0.15) is 5.69 Å². The van der Waals surface area contributed by atoms with Crippen LogP contribution >= 0.6 is 27.5 Å². The number of benzene rings is 1. The summed E-state index contributed by atoms with van der Waals surface area (Å²) in [7, 11) is 0. The van der Waals surface area contributed by atoms with Crippen molar-refractivity contribution in [3.8, 4) is 0 Å². The van der Waals surface area contributed by atoms with Crippen LogP contribution in [0, 0.1) is 0 Å². The van der Waals surface area contributed by atoms with Crippen LogP contribution < -0.4 is 5.32 Å². The summed E-state index contributed by atoms with van der Waals surface area (Å²) in [5.41, 5.74) is 0.440. The molecule has 0 unspecified atom stereocenters. The molecule has 118 valence electrons. The Morgan fingerprint density at radius 2 is 1.95 bits per heavy atom. The second kappa shape index (κ2) is 7.02. The molecule has 0 atom stereocenters. The molecular weight excluding hydrogens is 378 g/mol. The van der Waals surface area contributed by atoms with Gasteiger partial charge in [0, 0.05) is 9.86 Å². The van der Waals surface area contributed by atoms with Gasteiger partial charge >= 0.3 is 12.1 Å². The van der Waals surface area contributed by atoms with E-state index in [4.69, 9.17) is 25.5 Å². The molecule has 0 aliphatic rings. The molecule has 22 heavy (non-hydrogen) atoms. The Morgan fingerprint density at radius 3 is 2.59 bits per heavy atom. The number of halogens is 2. The summed E-state index contributed by atoms with van der Waals surface area (Å²) in [6.07, 6.45) is -0.702. The number of amides is 1. The van der Waals surface area contributed by atoms with Crippen LogP contribution in [0.3, 0.4) is 0 Å². The van der Waals surface area contributed by atoms with Crippen molar-refractivity contribution in [3.63, 3.8) is 0 Å². The highest BCUT2D eigenvalue weighted by molar-refractivity contribution is 9.10. The third kappa shape index (κ3) is 3.36. The third-order valence-electron chi connectivity index (χ3n) is 2.67. The Bertz CT molecular complexity index is 728. The number of carbonyl (C=O) groups excluding carboxylic acids is 2. The van der Waals surface area contributed by atoms with E-state index >= 15 is 0 Å². The molecule has 1 amide bonds. The number of esters is 1. The Morgan fingerprint density at radius 1 is 1.27 bits per heavy atom. The highest BCUT2D eigenvalue weighted by Crippen LogP contribution is 2.38. The van der Waals surface area contributed by atoms with E-state index in [-0.39, 0.29) is 30.2 Å². The quantitative estimate of drug-likeness (QED) is 0.772. The number of anilines is 1. The number of ether oxygens (including phenoxy) is 2. The smallest absolute Gasteiger partial charge is 0.411 e. The zero-order chi connectivity index (χ0) is 16.3. The zero-order valence-corrected chi connectivity index (χ0v) is 14.2. The standard InChI is InChI=1S/C14H13BrClNO5/c1-3-20-13(18)12-10(17-14(19)21-4-2)8-5-7(15)6-9(16)11(8)22-12/h5-6H,3-4H2,1-2H3,(H,17,19). The van der Waals surface area contributed by atoms with Crippen molar-refractivity contribution in [1.82, 2.24) is 0 Å². The zero-order valence-electron chi connectivity index (χ0n) is 11.9. The number of nitrogens with one attached hydrogen (secondary N) is 1. The maximum Gasteiger partial charge on any atom is 0.411 e. The maximum absolute atomic E-state index is 12.0. The lowest BCUT2D eigenvalue weighted by atomic mass is 10.2. The highest BCUT2D eigenvalue weighted by Gasteiger charge is 2.25. The van der Waals surface area contributed by atoms with Crippen LogP contribution in [0.5, 0.6) is 0 Å². The highest BCUT2D eigenvalue weighted by atomic mass is 79.9. The van der Waals surface area contributed by atoms with Crippen molar-refractivity contribution in [2.75, 3.05) is 18.5 Å². The summed E-state index contributed by atoms with van der Waals surface area (Å²) in [6.45, 7) is 3.71. The number of hydrogen-bond donors (Lipinski definition) is 1. The lowest BCUT2D eigenvalue weighted by Gasteiger charge is -2.05. The molecule has 6 nitrogen and oxygen atoms in total. The number of fused-ring (bicyclic) bond motifs is 1. The van der Waals surface area contributed by atoms with E-state index in [1.54, 1.807) is 26.0 Å². The molecule has 0 saturated carbocycles. The molecule has 2 aromatic rings. The summed E-state index contributed by atoms with van der Waals surface area (Å²) < 4.78 is 15.9. The summed E-state index contributed by atoms with van der Waals surface area (Å²) in [5.74, 6) is -0.831. The van der Waals surface area contributed by atoms with Gasteiger partial charge in [-0.2, -0.15) is 0 Å². The van der Waals surface area contributed by atoms with E-state index in [0.717, 1.165) is 0 Å². The van der Waals surface area contributed by atoms with Gasteiger partial charge in [-0.15, -0.1) is 0 Å². The molecule has 0 spiro atoms. The van der Waals surface area contributed by atoms with Crippen molar-refractivity contribution in [1.29, 1.82) is 0 Å². The molecule has 0 aliphatic heterocycles. The first-order valence-corrected chi connectivity index (χ1v) is 7.67. The van der Waals surface area contributed by atoms with Crippen LogP contribution in [-0.2, 0) is 9.47 Å². The molecule has 0 aliphatic carbocycles. The van der Waals surface area contributed by atoms with Crippen LogP contribution in [0.25, 0.3) is 11.0 Å². The first-order valence-electron chi connectivity index (χ1n) is 6.50. The van der Waals surface area contributed by atoms with E-state index < -0.39 is 12.1 Å². The Labute approximate surface area is 139 Å². The van der Waals surface area contributed by atoms with Gasteiger partial charge in [0.15, 0.2) is 5.58 Å². The topological polar surface area (TPSA) is 77.8 Å². The fourth-order valence-corrected chi connectivity index (χ4v) is 2.71. The van der Waals surface area contributed by atoms with E-state index in [1.807, 2.05) is 0 Å². The Hall–Kier alpha value is -1.73. The van der Waals surface area contributed by atoms with E-state index in [0.29, 0.717) is 14.9 Å². The monoisotopic (exact) mass is 389 g/mol.